The van der Waals surface area contributed by atoms with Crippen LogP contribution in [0.25, 0.3) is 0 Å². The van der Waals surface area contributed by atoms with Gasteiger partial charge in [-0.05, 0) is 73.9 Å². The molecule has 0 aromatic heterocycles. The highest BCUT2D eigenvalue weighted by Crippen LogP contribution is 2.32. The Balaban J connectivity index is 1.65. The van der Waals surface area contributed by atoms with Crippen molar-refractivity contribution in [1.29, 1.82) is 0 Å². The van der Waals surface area contributed by atoms with Crippen LogP contribution < -0.4 is 14.4 Å². The van der Waals surface area contributed by atoms with Crippen molar-refractivity contribution >= 4 is 48.9 Å². The smallest absolute Gasteiger partial charge is 0.264 e. The van der Waals surface area contributed by atoms with Crippen molar-refractivity contribution < 1.29 is 26.4 Å². The second-order valence-electron chi connectivity index (χ2n) is 9.13. The SMILES string of the molecule is COc1ccc(NC(=O)CN(c2ccc(Cl)cc2C)S(=O)(=O)c2ccccc2)cc1S(=O)(=O)N1CCCCC1. The van der Waals surface area contributed by atoms with Crippen LogP contribution in [-0.2, 0) is 24.8 Å². The minimum Gasteiger partial charge on any atom is -0.495 e. The normalized spacial score (nSPS) is 14.5. The predicted octanol–water partition coefficient (Wildman–Crippen LogP) is 4.67. The van der Waals surface area contributed by atoms with E-state index in [9.17, 15) is 21.6 Å². The summed E-state index contributed by atoms with van der Waals surface area (Å²) in [6, 6.07) is 16.8. The van der Waals surface area contributed by atoms with Gasteiger partial charge in [-0.2, -0.15) is 4.31 Å². The third-order valence-electron chi connectivity index (χ3n) is 6.43. The number of carbonyl (C=O) groups is 1. The van der Waals surface area contributed by atoms with E-state index < -0.39 is 32.5 Å². The molecule has 208 valence electrons. The molecule has 39 heavy (non-hydrogen) atoms. The van der Waals surface area contributed by atoms with E-state index in [1.54, 1.807) is 43.3 Å². The molecule has 0 atom stereocenters. The first-order chi connectivity index (χ1) is 18.5. The highest BCUT2D eigenvalue weighted by atomic mass is 35.5. The summed E-state index contributed by atoms with van der Waals surface area (Å²) in [4.78, 5) is 13.2. The molecule has 12 heteroatoms. The minimum atomic E-state index is -4.13. The highest BCUT2D eigenvalue weighted by Gasteiger charge is 2.31. The molecule has 0 unspecified atom stereocenters. The molecule has 0 saturated carbocycles. The second-order valence-corrected chi connectivity index (χ2v) is 13.3. The lowest BCUT2D eigenvalue weighted by Gasteiger charge is -2.27. The van der Waals surface area contributed by atoms with Crippen LogP contribution in [-0.4, -0.2) is 53.8 Å². The molecule has 1 fully saturated rings. The van der Waals surface area contributed by atoms with Gasteiger partial charge in [0.05, 0.1) is 17.7 Å². The third kappa shape index (κ3) is 6.38. The largest absolute Gasteiger partial charge is 0.495 e. The maximum absolute atomic E-state index is 13.6. The van der Waals surface area contributed by atoms with Gasteiger partial charge in [-0.15, -0.1) is 0 Å². The molecule has 9 nitrogen and oxygen atoms in total. The number of rotatable bonds is 9. The van der Waals surface area contributed by atoms with Gasteiger partial charge in [0, 0.05) is 23.8 Å². The number of piperidine rings is 1. The molecule has 4 rings (SSSR count). The minimum absolute atomic E-state index is 0.0199. The van der Waals surface area contributed by atoms with Crippen molar-refractivity contribution in [3.63, 3.8) is 0 Å². The summed E-state index contributed by atoms with van der Waals surface area (Å²) in [5.74, 6) is -0.501. The number of hydrogen-bond acceptors (Lipinski definition) is 6. The van der Waals surface area contributed by atoms with Gasteiger partial charge in [-0.1, -0.05) is 36.2 Å². The van der Waals surface area contributed by atoms with Gasteiger partial charge in [0.1, 0.15) is 17.2 Å². The standard InChI is InChI=1S/C27H30ClN3O6S2/c1-20-17-21(28)11-13-24(20)31(38(33,34)23-9-5-3-6-10-23)19-27(32)29-22-12-14-25(37-2)26(18-22)39(35,36)30-15-7-4-8-16-30/h3,5-6,9-14,17-18H,4,7-8,15-16,19H2,1-2H3,(H,29,32). The lowest BCUT2D eigenvalue weighted by atomic mass is 10.2. The molecule has 3 aromatic carbocycles. The maximum Gasteiger partial charge on any atom is 0.264 e. The van der Waals surface area contributed by atoms with E-state index in [1.165, 1.54) is 41.7 Å². The summed E-state index contributed by atoms with van der Waals surface area (Å²) in [6.45, 7) is 1.97. The van der Waals surface area contributed by atoms with Crippen LogP contribution >= 0.6 is 11.6 Å². The van der Waals surface area contributed by atoms with E-state index in [0.717, 1.165) is 23.6 Å². The molecule has 0 radical (unpaired) electrons. The van der Waals surface area contributed by atoms with Crippen LogP contribution in [0.3, 0.4) is 0 Å². The van der Waals surface area contributed by atoms with Crippen molar-refractivity contribution in [2.75, 3.05) is 36.4 Å². The van der Waals surface area contributed by atoms with Crippen LogP contribution in [0.1, 0.15) is 24.8 Å². The van der Waals surface area contributed by atoms with Crippen molar-refractivity contribution in [3.8, 4) is 5.75 Å². The molecule has 1 amide bonds. The van der Waals surface area contributed by atoms with Gasteiger partial charge in [0.15, 0.2) is 0 Å². The molecule has 1 aliphatic heterocycles. The summed E-state index contributed by atoms with van der Waals surface area (Å²) in [5.41, 5.74) is 1.05. The van der Waals surface area contributed by atoms with Gasteiger partial charge in [0.25, 0.3) is 10.0 Å². The molecule has 3 aromatic rings. The monoisotopic (exact) mass is 591 g/mol. The number of amides is 1. The fraction of sp³-hybridized carbons (Fsp3) is 0.296. The maximum atomic E-state index is 13.6. The van der Waals surface area contributed by atoms with Crippen LogP contribution in [0.5, 0.6) is 5.75 Å². The second kappa shape index (κ2) is 12.0. The Morgan fingerprint density at radius 1 is 0.974 bits per heavy atom. The number of benzene rings is 3. The zero-order valence-electron chi connectivity index (χ0n) is 21.6. The van der Waals surface area contributed by atoms with E-state index in [4.69, 9.17) is 16.3 Å². The summed E-state index contributed by atoms with van der Waals surface area (Å²) in [5, 5.41) is 3.08. The van der Waals surface area contributed by atoms with Crippen LogP contribution in [0.2, 0.25) is 5.02 Å². The van der Waals surface area contributed by atoms with E-state index in [2.05, 4.69) is 5.32 Å². The summed E-state index contributed by atoms with van der Waals surface area (Å²) in [7, 11) is -6.61. The Kier molecular flexibility index (Phi) is 8.85. The molecular weight excluding hydrogens is 562 g/mol. The average molecular weight is 592 g/mol. The first-order valence-corrected chi connectivity index (χ1v) is 15.6. The summed E-state index contributed by atoms with van der Waals surface area (Å²) >= 11 is 6.09. The van der Waals surface area contributed by atoms with E-state index in [0.29, 0.717) is 29.4 Å². The zero-order chi connectivity index (χ0) is 28.2. The lowest BCUT2D eigenvalue weighted by Crippen LogP contribution is -2.38. The zero-order valence-corrected chi connectivity index (χ0v) is 24.0. The Morgan fingerprint density at radius 2 is 1.67 bits per heavy atom. The molecule has 1 saturated heterocycles. The number of nitrogens with one attached hydrogen (secondary N) is 1. The summed E-state index contributed by atoms with van der Waals surface area (Å²) in [6.07, 6.45) is 2.51. The molecule has 0 spiro atoms. The topological polar surface area (TPSA) is 113 Å². The van der Waals surface area contributed by atoms with E-state index in [1.807, 2.05) is 0 Å². The van der Waals surface area contributed by atoms with Crippen molar-refractivity contribution in [2.45, 2.75) is 36.0 Å². The Morgan fingerprint density at radius 3 is 2.31 bits per heavy atom. The number of methoxy groups -OCH3 is 1. The number of aryl methyl sites for hydroxylation is 1. The van der Waals surface area contributed by atoms with E-state index >= 15 is 0 Å². The number of halogens is 1. The molecule has 0 aliphatic carbocycles. The quantitative estimate of drug-likeness (QED) is 0.387. The van der Waals surface area contributed by atoms with Gasteiger partial charge in [-0.3, -0.25) is 9.10 Å². The molecule has 1 aliphatic rings. The molecular formula is C27H30ClN3O6S2. The van der Waals surface area contributed by atoms with Gasteiger partial charge in [-0.25, -0.2) is 16.8 Å². The van der Waals surface area contributed by atoms with Crippen LogP contribution in [0, 0.1) is 6.92 Å². The van der Waals surface area contributed by atoms with Crippen LogP contribution in [0.15, 0.2) is 76.5 Å². The number of sulfonamides is 2. The third-order valence-corrected chi connectivity index (χ3v) is 10.4. The molecule has 1 heterocycles. The Labute approximate surface area is 234 Å². The van der Waals surface area contributed by atoms with Crippen molar-refractivity contribution in [1.82, 2.24) is 4.31 Å². The number of hydrogen-bond donors (Lipinski definition) is 1. The fourth-order valence-corrected chi connectivity index (χ4v) is 7.88. The number of carbonyl (C=O) groups excluding carboxylic acids is 1. The number of ether oxygens (including phenoxy) is 1. The lowest BCUT2D eigenvalue weighted by molar-refractivity contribution is -0.114. The van der Waals surface area contributed by atoms with E-state index in [-0.39, 0.29) is 21.2 Å². The number of anilines is 2. The Bertz CT molecular complexity index is 1560. The van der Waals surface area contributed by atoms with Crippen molar-refractivity contribution in [3.05, 3.63) is 77.3 Å². The number of nitrogens with zero attached hydrogens (tertiary/aromatic N) is 2. The first kappa shape index (κ1) is 28.9. The van der Waals surface area contributed by atoms with Crippen molar-refractivity contribution in [2.24, 2.45) is 0 Å². The molecule has 1 N–H and O–H groups in total. The average Bonchev–Trinajstić information content (AvgIpc) is 2.93. The predicted molar refractivity (Wildman–Crippen MR) is 151 cm³/mol. The first-order valence-electron chi connectivity index (χ1n) is 12.4. The summed E-state index contributed by atoms with van der Waals surface area (Å²) < 4.78 is 61.7. The molecule has 0 bridgehead atoms. The Hall–Kier alpha value is -3.12. The van der Waals surface area contributed by atoms with Crippen LogP contribution in [0.4, 0.5) is 11.4 Å². The van der Waals surface area contributed by atoms with Gasteiger partial charge >= 0.3 is 0 Å². The van der Waals surface area contributed by atoms with Gasteiger partial charge < -0.3 is 10.1 Å². The van der Waals surface area contributed by atoms with Gasteiger partial charge in [0.2, 0.25) is 15.9 Å². The highest BCUT2D eigenvalue weighted by molar-refractivity contribution is 7.92. The fourth-order valence-electron chi connectivity index (χ4n) is 4.45.